The molecule has 2 heterocycles. The van der Waals surface area contributed by atoms with Crippen LogP contribution in [0.3, 0.4) is 0 Å². The van der Waals surface area contributed by atoms with E-state index >= 15 is 0 Å². The molecule has 0 radical (unpaired) electrons. The molecule has 1 aliphatic rings. The average molecular weight is 234 g/mol. The maximum absolute atomic E-state index is 9.15. The van der Waals surface area contributed by atoms with Gasteiger partial charge in [-0.15, -0.1) is 0 Å². The van der Waals surface area contributed by atoms with Crippen LogP contribution in [0.1, 0.15) is 31.5 Å². The van der Waals surface area contributed by atoms with Gasteiger partial charge in [0.25, 0.3) is 0 Å². The van der Waals surface area contributed by atoms with E-state index in [2.05, 4.69) is 23.7 Å². The Balaban J connectivity index is 2.19. The Bertz CT molecular complexity index is 382. The summed E-state index contributed by atoms with van der Waals surface area (Å²) in [5, 5.41) is 9.15. The molecule has 1 aromatic heterocycles. The van der Waals surface area contributed by atoms with E-state index in [1.165, 1.54) is 6.42 Å². The normalized spacial score (nSPS) is 25.1. The predicted octanol–water partition coefficient (Wildman–Crippen LogP) is 2.36. The fraction of sp³-hybridized carbons (Fsp3) is 0.643. The summed E-state index contributed by atoms with van der Waals surface area (Å²) in [6.07, 6.45) is 1.31. The molecule has 0 aliphatic carbocycles. The highest BCUT2D eigenvalue weighted by molar-refractivity contribution is 5.42. The van der Waals surface area contributed by atoms with Gasteiger partial charge < -0.3 is 10.0 Å². The molecule has 1 N–H and O–H groups in total. The number of aryl methyl sites for hydroxylation is 1. The van der Waals surface area contributed by atoms with Gasteiger partial charge in [-0.1, -0.05) is 19.9 Å². The molecule has 3 heteroatoms. The van der Waals surface area contributed by atoms with Crippen LogP contribution in [-0.4, -0.2) is 23.2 Å². The van der Waals surface area contributed by atoms with Crippen molar-refractivity contribution in [2.24, 2.45) is 11.8 Å². The standard InChI is InChI=1S/C14H22N2O/c1-10-6-11(2)8-16(7-10)14-5-4-13(9-17)12(3)15-14/h4-5,10-11,17H,6-9H2,1-3H3. The van der Waals surface area contributed by atoms with Crippen LogP contribution in [0.25, 0.3) is 0 Å². The molecule has 3 nitrogen and oxygen atoms in total. The number of rotatable bonds is 2. The van der Waals surface area contributed by atoms with Crippen molar-refractivity contribution in [1.82, 2.24) is 4.98 Å². The van der Waals surface area contributed by atoms with E-state index in [0.29, 0.717) is 0 Å². The zero-order valence-electron chi connectivity index (χ0n) is 11.0. The monoisotopic (exact) mass is 234 g/mol. The number of hydrogen-bond acceptors (Lipinski definition) is 3. The molecule has 1 saturated heterocycles. The van der Waals surface area contributed by atoms with Crippen molar-refractivity contribution in [2.75, 3.05) is 18.0 Å². The van der Waals surface area contributed by atoms with Crippen LogP contribution in [0.15, 0.2) is 12.1 Å². The van der Waals surface area contributed by atoms with Crippen LogP contribution >= 0.6 is 0 Å². The molecule has 2 unspecified atom stereocenters. The molecule has 1 fully saturated rings. The Labute approximate surface area is 103 Å². The van der Waals surface area contributed by atoms with Gasteiger partial charge in [0, 0.05) is 18.8 Å². The lowest BCUT2D eigenvalue weighted by molar-refractivity contribution is 0.280. The SMILES string of the molecule is Cc1nc(N2CC(C)CC(C)C2)ccc1CO. The molecule has 1 aromatic rings. The largest absolute Gasteiger partial charge is 0.392 e. The molecule has 0 saturated carbocycles. The van der Waals surface area contributed by atoms with Gasteiger partial charge in [-0.2, -0.15) is 0 Å². The number of nitrogens with zero attached hydrogens (tertiary/aromatic N) is 2. The third-order valence-electron chi connectivity index (χ3n) is 3.54. The van der Waals surface area contributed by atoms with E-state index in [4.69, 9.17) is 5.11 Å². The van der Waals surface area contributed by atoms with Crippen LogP contribution < -0.4 is 4.90 Å². The second kappa shape index (κ2) is 5.05. The maximum Gasteiger partial charge on any atom is 0.128 e. The molecule has 94 valence electrons. The molecular weight excluding hydrogens is 212 g/mol. The van der Waals surface area contributed by atoms with Crippen molar-refractivity contribution in [2.45, 2.75) is 33.8 Å². The summed E-state index contributed by atoms with van der Waals surface area (Å²) in [6.45, 7) is 8.83. The third-order valence-corrected chi connectivity index (χ3v) is 3.54. The summed E-state index contributed by atoms with van der Waals surface area (Å²) in [6, 6.07) is 4.02. The molecule has 2 rings (SSSR count). The van der Waals surface area contributed by atoms with E-state index in [1.54, 1.807) is 0 Å². The number of aromatic nitrogens is 1. The van der Waals surface area contributed by atoms with Gasteiger partial charge >= 0.3 is 0 Å². The fourth-order valence-corrected chi connectivity index (χ4v) is 2.77. The van der Waals surface area contributed by atoms with Crippen LogP contribution in [0.4, 0.5) is 5.82 Å². The van der Waals surface area contributed by atoms with Crippen molar-refractivity contribution in [3.8, 4) is 0 Å². The van der Waals surface area contributed by atoms with Gasteiger partial charge in [-0.3, -0.25) is 0 Å². The quantitative estimate of drug-likeness (QED) is 0.853. The number of anilines is 1. The lowest BCUT2D eigenvalue weighted by atomic mass is 9.92. The lowest BCUT2D eigenvalue weighted by Crippen LogP contribution is -2.39. The lowest BCUT2D eigenvalue weighted by Gasteiger charge is -2.36. The smallest absolute Gasteiger partial charge is 0.128 e. The van der Waals surface area contributed by atoms with Crippen molar-refractivity contribution < 1.29 is 5.11 Å². The number of pyridine rings is 1. The van der Waals surface area contributed by atoms with E-state index in [1.807, 2.05) is 19.1 Å². The molecule has 1 aliphatic heterocycles. The van der Waals surface area contributed by atoms with E-state index in [0.717, 1.165) is 42.0 Å². The summed E-state index contributed by atoms with van der Waals surface area (Å²) >= 11 is 0. The molecule has 17 heavy (non-hydrogen) atoms. The minimum atomic E-state index is 0.0753. The molecule has 0 bridgehead atoms. The number of aliphatic hydroxyl groups excluding tert-OH is 1. The summed E-state index contributed by atoms with van der Waals surface area (Å²) in [5.74, 6) is 2.52. The van der Waals surface area contributed by atoms with Gasteiger partial charge in [0.05, 0.1) is 6.61 Å². The number of hydrogen-bond donors (Lipinski definition) is 1. The van der Waals surface area contributed by atoms with Crippen molar-refractivity contribution in [1.29, 1.82) is 0 Å². The Kier molecular flexibility index (Phi) is 3.67. The number of aliphatic hydroxyl groups is 1. The van der Waals surface area contributed by atoms with Crippen molar-refractivity contribution >= 4 is 5.82 Å². The zero-order chi connectivity index (χ0) is 12.4. The Morgan fingerprint density at radius 2 is 1.94 bits per heavy atom. The van der Waals surface area contributed by atoms with Gasteiger partial charge in [0.2, 0.25) is 0 Å². The van der Waals surface area contributed by atoms with Gasteiger partial charge in [0.1, 0.15) is 5.82 Å². The van der Waals surface area contributed by atoms with Gasteiger partial charge in [-0.05, 0) is 36.8 Å². The Morgan fingerprint density at radius 1 is 1.29 bits per heavy atom. The molecule has 0 amide bonds. The number of piperidine rings is 1. The minimum absolute atomic E-state index is 0.0753. The van der Waals surface area contributed by atoms with E-state index < -0.39 is 0 Å². The zero-order valence-corrected chi connectivity index (χ0v) is 11.0. The third kappa shape index (κ3) is 2.78. The van der Waals surface area contributed by atoms with Crippen LogP contribution in [0.2, 0.25) is 0 Å². The highest BCUT2D eigenvalue weighted by Crippen LogP contribution is 2.25. The van der Waals surface area contributed by atoms with Crippen LogP contribution in [0, 0.1) is 18.8 Å². The molecule has 0 aromatic carbocycles. The molecule has 0 spiro atoms. The summed E-state index contributed by atoms with van der Waals surface area (Å²) in [5.41, 5.74) is 1.86. The maximum atomic E-state index is 9.15. The first-order valence-corrected chi connectivity index (χ1v) is 6.42. The Hall–Kier alpha value is -1.09. The minimum Gasteiger partial charge on any atom is -0.392 e. The van der Waals surface area contributed by atoms with Crippen LogP contribution in [0.5, 0.6) is 0 Å². The first-order valence-electron chi connectivity index (χ1n) is 6.42. The van der Waals surface area contributed by atoms with Crippen molar-refractivity contribution in [3.05, 3.63) is 23.4 Å². The Morgan fingerprint density at radius 3 is 2.47 bits per heavy atom. The van der Waals surface area contributed by atoms with E-state index in [9.17, 15) is 0 Å². The van der Waals surface area contributed by atoms with Gasteiger partial charge in [0.15, 0.2) is 0 Å². The summed E-state index contributed by atoms with van der Waals surface area (Å²) < 4.78 is 0. The molecular formula is C14H22N2O. The van der Waals surface area contributed by atoms with Gasteiger partial charge in [-0.25, -0.2) is 4.98 Å². The summed E-state index contributed by atoms with van der Waals surface area (Å²) in [4.78, 5) is 6.97. The fourth-order valence-electron chi connectivity index (χ4n) is 2.77. The second-order valence-corrected chi connectivity index (χ2v) is 5.42. The highest BCUT2D eigenvalue weighted by atomic mass is 16.3. The molecule has 2 atom stereocenters. The highest BCUT2D eigenvalue weighted by Gasteiger charge is 2.22. The predicted molar refractivity (Wildman–Crippen MR) is 70.1 cm³/mol. The summed E-state index contributed by atoms with van der Waals surface area (Å²) in [7, 11) is 0. The van der Waals surface area contributed by atoms with E-state index in [-0.39, 0.29) is 6.61 Å². The topological polar surface area (TPSA) is 36.4 Å². The first kappa shape index (κ1) is 12.4. The second-order valence-electron chi connectivity index (χ2n) is 5.42. The van der Waals surface area contributed by atoms with Crippen molar-refractivity contribution in [3.63, 3.8) is 0 Å². The first-order chi connectivity index (χ1) is 8.10. The van der Waals surface area contributed by atoms with Crippen LogP contribution in [-0.2, 0) is 6.61 Å². The average Bonchev–Trinajstić information content (AvgIpc) is 2.27.